The number of ether oxygens (including phenoxy) is 4. The van der Waals surface area contributed by atoms with Crippen molar-refractivity contribution in [2.24, 2.45) is 10.4 Å². The van der Waals surface area contributed by atoms with Crippen LogP contribution in [0.3, 0.4) is 0 Å². The SMILES string of the molecule is COc1ccc(COc2cc(C(=N[C@@H]3COCC3(C)C)NNC(=O)Cc3cc(F)c(-c4cccc(OCc5ccc(Cl)cc5F)n4)cc3F)on2)cc1. The van der Waals surface area contributed by atoms with Gasteiger partial charge in [0.25, 0.3) is 5.88 Å². The zero-order chi connectivity index (χ0) is 37.5. The number of methoxy groups -OCH3 is 1. The number of amidine groups is 1. The predicted octanol–water partition coefficient (Wildman–Crippen LogP) is 7.01. The van der Waals surface area contributed by atoms with Gasteiger partial charge >= 0.3 is 0 Å². The first-order valence-electron chi connectivity index (χ1n) is 16.4. The van der Waals surface area contributed by atoms with Gasteiger partial charge in [-0.2, -0.15) is 0 Å². The number of nitrogens with one attached hydrogen (secondary N) is 2. The minimum atomic E-state index is -0.833. The average molecular weight is 750 g/mol. The lowest BCUT2D eigenvalue weighted by Crippen LogP contribution is -2.44. The number of amides is 1. The van der Waals surface area contributed by atoms with Gasteiger partial charge in [0.05, 0.1) is 44.5 Å². The third-order valence-electron chi connectivity index (χ3n) is 8.40. The lowest BCUT2D eigenvalue weighted by Gasteiger charge is -2.22. The molecule has 1 fully saturated rings. The summed E-state index contributed by atoms with van der Waals surface area (Å²) in [5, 5.41) is 4.21. The van der Waals surface area contributed by atoms with E-state index in [1.54, 1.807) is 13.2 Å². The molecule has 1 aliphatic rings. The Morgan fingerprint density at radius 2 is 1.70 bits per heavy atom. The second-order valence-electron chi connectivity index (χ2n) is 12.8. The Balaban J connectivity index is 1.11. The summed E-state index contributed by atoms with van der Waals surface area (Å²) < 4.78 is 72.5. The van der Waals surface area contributed by atoms with E-state index in [0.717, 1.165) is 23.8 Å². The highest BCUT2D eigenvalue weighted by Gasteiger charge is 2.36. The van der Waals surface area contributed by atoms with Crippen LogP contribution in [0.1, 0.15) is 36.3 Å². The topological polar surface area (TPSA) is 129 Å². The first-order valence-corrected chi connectivity index (χ1v) is 16.8. The zero-order valence-electron chi connectivity index (χ0n) is 28.9. The molecule has 15 heteroatoms. The summed E-state index contributed by atoms with van der Waals surface area (Å²) in [6, 6.07) is 19.1. The first kappa shape index (κ1) is 37.2. The Morgan fingerprint density at radius 3 is 2.43 bits per heavy atom. The maximum atomic E-state index is 15.4. The number of aliphatic imine (C=N–C) groups is 1. The molecule has 5 aromatic rings. The van der Waals surface area contributed by atoms with Gasteiger partial charge in [0, 0.05) is 33.2 Å². The molecule has 3 aromatic carbocycles. The van der Waals surface area contributed by atoms with E-state index in [1.165, 1.54) is 30.3 Å². The minimum absolute atomic E-state index is 0.0684. The molecule has 1 amide bonds. The van der Waals surface area contributed by atoms with Crippen molar-refractivity contribution in [3.05, 3.63) is 124 Å². The average Bonchev–Trinajstić information content (AvgIpc) is 3.75. The summed E-state index contributed by atoms with van der Waals surface area (Å²) in [5.74, 6) is -1.64. The van der Waals surface area contributed by atoms with Gasteiger partial charge in [0.15, 0.2) is 5.84 Å². The molecule has 11 nitrogen and oxygen atoms in total. The second kappa shape index (κ2) is 16.4. The predicted molar refractivity (Wildman–Crippen MR) is 189 cm³/mol. The van der Waals surface area contributed by atoms with Crippen molar-refractivity contribution < 1.29 is 41.4 Å². The fourth-order valence-electron chi connectivity index (χ4n) is 5.30. The Morgan fingerprint density at radius 1 is 0.925 bits per heavy atom. The molecule has 0 aliphatic carbocycles. The molecule has 0 radical (unpaired) electrons. The Kier molecular flexibility index (Phi) is 11.5. The summed E-state index contributed by atoms with van der Waals surface area (Å²) in [6.07, 6.45) is -0.517. The normalized spacial score (nSPS) is 15.2. The van der Waals surface area contributed by atoms with E-state index in [1.807, 2.05) is 38.1 Å². The van der Waals surface area contributed by atoms with E-state index in [-0.39, 0.29) is 75.4 Å². The number of halogens is 4. The van der Waals surface area contributed by atoms with Crippen LogP contribution < -0.4 is 25.1 Å². The van der Waals surface area contributed by atoms with E-state index in [4.69, 9.17) is 40.1 Å². The van der Waals surface area contributed by atoms with Crippen molar-refractivity contribution in [3.63, 3.8) is 0 Å². The van der Waals surface area contributed by atoms with Crippen molar-refractivity contribution in [1.82, 2.24) is 21.0 Å². The molecule has 276 valence electrons. The number of carbonyl (C=O) groups excluding carboxylic acids is 1. The maximum Gasteiger partial charge on any atom is 0.255 e. The van der Waals surface area contributed by atoms with E-state index >= 15 is 8.78 Å². The van der Waals surface area contributed by atoms with Gasteiger partial charge < -0.3 is 23.5 Å². The molecule has 0 spiro atoms. The van der Waals surface area contributed by atoms with Gasteiger partial charge in [0.2, 0.25) is 17.5 Å². The third-order valence-corrected chi connectivity index (χ3v) is 8.64. The fraction of sp³-hybridized carbons (Fsp3) is 0.263. The molecule has 0 unspecified atom stereocenters. The summed E-state index contributed by atoms with van der Waals surface area (Å²) in [6.45, 7) is 4.85. The minimum Gasteiger partial charge on any atom is -0.497 e. The molecule has 53 heavy (non-hydrogen) atoms. The standard InChI is InChI=1S/C38H35ClF3N5O6/c1-38(2)21-50-20-33(38)44-37(32-17-36(47-53-32)51-18-22-7-11-26(49-3)12-8-22)46-45-34(48)14-24-13-30(42)27(16-29(24)41)31-5-4-6-35(43-31)52-19-23-9-10-25(39)15-28(23)40/h4-13,15-17,33H,14,18-21H2,1-3H3,(H,44,46)(H,45,48)/t33-/m1/s1. The number of hydrogen-bond donors (Lipinski definition) is 2. The molecule has 1 saturated heterocycles. The van der Waals surface area contributed by atoms with Gasteiger partial charge in [-0.05, 0) is 53.2 Å². The number of hydrogen-bond acceptors (Lipinski definition) is 9. The Bertz CT molecular complexity index is 2110. The lowest BCUT2D eigenvalue weighted by atomic mass is 9.88. The second-order valence-corrected chi connectivity index (χ2v) is 13.3. The molecule has 6 rings (SSSR count). The van der Waals surface area contributed by atoms with Crippen LogP contribution in [0.2, 0.25) is 5.02 Å². The molecule has 3 heterocycles. The first-order chi connectivity index (χ1) is 25.5. The van der Waals surface area contributed by atoms with Gasteiger partial charge in [-0.25, -0.2) is 18.2 Å². The molecule has 0 bridgehead atoms. The molecule has 2 N–H and O–H groups in total. The summed E-state index contributed by atoms with van der Waals surface area (Å²) in [4.78, 5) is 22.0. The van der Waals surface area contributed by atoms with Crippen LogP contribution in [0, 0.1) is 22.9 Å². The van der Waals surface area contributed by atoms with E-state index < -0.39 is 29.8 Å². The maximum absolute atomic E-state index is 15.4. The van der Waals surface area contributed by atoms with E-state index in [2.05, 4.69) is 21.0 Å². The molecular weight excluding hydrogens is 715 g/mol. The van der Waals surface area contributed by atoms with Gasteiger partial charge in [-0.15, -0.1) is 0 Å². The van der Waals surface area contributed by atoms with Crippen LogP contribution >= 0.6 is 11.6 Å². The monoisotopic (exact) mass is 749 g/mol. The number of rotatable bonds is 12. The largest absolute Gasteiger partial charge is 0.497 e. The Hall–Kier alpha value is -5.60. The van der Waals surface area contributed by atoms with E-state index in [9.17, 15) is 9.18 Å². The van der Waals surface area contributed by atoms with Crippen LogP contribution in [0.25, 0.3) is 11.3 Å². The van der Waals surface area contributed by atoms with Crippen LogP contribution in [0.15, 0.2) is 88.4 Å². The molecule has 1 aliphatic heterocycles. The molecule has 1 atom stereocenters. The van der Waals surface area contributed by atoms with E-state index in [0.29, 0.717) is 19.0 Å². The summed E-state index contributed by atoms with van der Waals surface area (Å²) >= 11 is 5.80. The van der Waals surface area contributed by atoms with Crippen molar-refractivity contribution in [2.45, 2.75) is 39.5 Å². The highest BCUT2D eigenvalue weighted by Crippen LogP contribution is 2.31. The highest BCUT2D eigenvalue weighted by molar-refractivity contribution is 6.30. The molecular formula is C38H35ClF3N5O6. The number of hydrazine groups is 1. The number of nitrogens with zero attached hydrogens (tertiary/aromatic N) is 3. The summed E-state index contributed by atoms with van der Waals surface area (Å²) in [7, 11) is 1.58. The van der Waals surface area contributed by atoms with Crippen molar-refractivity contribution in [1.29, 1.82) is 0 Å². The van der Waals surface area contributed by atoms with Gasteiger partial charge in [-0.3, -0.25) is 20.6 Å². The number of benzene rings is 3. The lowest BCUT2D eigenvalue weighted by molar-refractivity contribution is -0.121. The van der Waals surface area contributed by atoms with Crippen LogP contribution in [0.4, 0.5) is 13.2 Å². The fourth-order valence-corrected chi connectivity index (χ4v) is 5.46. The smallest absolute Gasteiger partial charge is 0.255 e. The van der Waals surface area contributed by atoms with Crippen LogP contribution in [-0.2, 0) is 29.2 Å². The number of aromatic nitrogens is 2. The van der Waals surface area contributed by atoms with Gasteiger partial charge in [0.1, 0.15) is 36.4 Å². The van der Waals surface area contributed by atoms with Gasteiger partial charge in [-0.1, -0.05) is 49.7 Å². The van der Waals surface area contributed by atoms with Crippen LogP contribution in [-0.4, -0.2) is 48.2 Å². The van der Waals surface area contributed by atoms with Crippen molar-refractivity contribution >= 4 is 23.3 Å². The Labute approximate surface area is 308 Å². The quantitative estimate of drug-likeness (QED) is 0.0787. The van der Waals surface area contributed by atoms with Crippen molar-refractivity contribution in [3.8, 4) is 28.8 Å². The molecule has 2 aromatic heterocycles. The number of carbonyl (C=O) groups is 1. The molecule has 0 saturated carbocycles. The number of pyridine rings is 1. The van der Waals surface area contributed by atoms with Crippen molar-refractivity contribution in [2.75, 3.05) is 20.3 Å². The zero-order valence-corrected chi connectivity index (χ0v) is 29.7. The third kappa shape index (κ3) is 9.45. The summed E-state index contributed by atoms with van der Waals surface area (Å²) in [5.41, 5.74) is 5.76. The van der Waals surface area contributed by atoms with Crippen LogP contribution in [0.5, 0.6) is 17.5 Å². The highest BCUT2D eigenvalue weighted by atomic mass is 35.5.